The fourth-order valence-corrected chi connectivity index (χ4v) is 5.23. The van der Waals surface area contributed by atoms with Crippen LogP contribution in [0.15, 0.2) is 16.6 Å². The summed E-state index contributed by atoms with van der Waals surface area (Å²) in [7, 11) is 0. The molecule has 0 aliphatic heterocycles. The normalized spacial score (nSPS) is 21.1. The number of hydrogen-bond donors (Lipinski definition) is 0. The number of alkyl halides is 3. The Morgan fingerprint density at radius 3 is 1.74 bits per heavy atom. The molecule has 0 amide bonds. The van der Waals surface area contributed by atoms with Crippen LogP contribution in [0.2, 0.25) is 0 Å². The summed E-state index contributed by atoms with van der Waals surface area (Å²) in [6.45, 7) is 9.38. The summed E-state index contributed by atoms with van der Waals surface area (Å²) < 4.78 is 0.751. The minimum absolute atomic E-state index is 0.235. The summed E-state index contributed by atoms with van der Waals surface area (Å²) in [6, 6.07) is 4.61. The highest BCUT2D eigenvalue weighted by Gasteiger charge is 2.39. The second-order valence-corrected chi connectivity index (χ2v) is 14.3. The van der Waals surface area contributed by atoms with Gasteiger partial charge in [-0.3, -0.25) is 0 Å². The van der Waals surface area contributed by atoms with Crippen LogP contribution in [-0.4, -0.2) is 0 Å². The van der Waals surface area contributed by atoms with Crippen LogP contribution in [0.5, 0.6) is 0 Å². The van der Waals surface area contributed by atoms with Crippen molar-refractivity contribution in [1.82, 2.24) is 0 Å². The van der Waals surface area contributed by atoms with Crippen LogP contribution in [0.3, 0.4) is 0 Å². The van der Waals surface area contributed by atoms with Gasteiger partial charge in [-0.2, -0.15) is 0 Å². The highest BCUT2D eigenvalue weighted by Crippen LogP contribution is 2.52. The summed E-state index contributed by atoms with van der Waals surface area (Å²) in [6.07, 6.45) is 2.47. The van der Waals surface area contributed by atoms with Crippen molar-refractivity contribution < 1.29 is 0 Å². The molecule has 0 nitrogen and oxygen atoms in total. The van der Waals surface area contributed by atoms with Crippen LogP contribution in [0.1, 0.15) is 57.2 Å². The number of fused-ring (bicyclic) bond motifs is 1. The highest BCUT2D eigenvalue weighted by molar-refractivity contribution is 9.38. The molecule has 2 rings (SSSR count). The Bertz CT molecular complexity index is 510. The van der Waals surface area contributed by atoms with E-state index in [0.717, 1.165) is 4.47 Å². The quantitative estimate of drug-likeness (QED) is 0.322. The van der Waals surface area contributed by atoms with E-state index in [2.05, 4.69) is 104 Å². The molecule has 0 spiro atoms. The third kappa shape index (κ3) is 3.17. The molecule has 0 bridgehead atoms. The van der Waals surface area contributed by atoms with Crippen molar-refractivity contribution in [3.63, 3.8) is 0 Å². The number of rotatable bonds is 0. The zero-order valence-electron chi connectivity index (χ0n) is 11.6. The van der Waals surface area contributed by atoms with Gasteiger partial charge < -0.3 is 0 Å². The number of halogens is 4. The zero-order chi connectivity index (χ0) is 14.6. The summed E-state index contributed by atoms with van der Waals surface area (Å²) >= 11 is 14.6. The largest absolute Gasteiger partial charge is 0.160 e. The molecule has 0 fully saturated rings. The van der Waals surface area contributed by atoms with E-state index in [9.17, 15) is 0 Å². The first-order valence-corrected chi connectivity index (χ1v) is 9.54. The molecule has 0 atom stereocenters. The second kappa shape index (κ2) is 5.10. The van der Waals surface area contributed by atoms with Crippen LogP contribution in [0, 0.1) is 0 Å². The lowest BCUT2D eigenvalue weighted by atomic mass is 9.63. The smallest absolute Gasteiger partial charge is 0.0558 e. The Balaban J connectivity index is 2.72. The Hall–Kier alpha value is 1.14. The SMILES string of the molecule is CC1(C)CCC(C)(C)c2cc(C(Br)(Br)Br)c(Br)cc21. The van der Waals surface area contributed by atoms with Crippen molar-refractivity contribution in [2.75, 3.05) is 0 Å². The molecule has 19 heavy (non-hydrogen) atoms. The topological polar surface area (TPSA) is 0 Å². The molecule has 1 aromatic rings. The van der Waals surface area contributed by atoms with Gasteiger partial charge in [-0.15, -0.1) is 0 Å². The van der Waals surface area contributed by atoms with Crippen molar-refractivity contribution in [2.45, 2.75) is 53.5 Å². The first kappa shape index (κ1) is 16.5. The van der Waals surface area contributed by atoms with Gasteiger partial charge >= 0.3 is 0 Å². The summed E-state index contributed by atoms with van der Waals surface area (Å²) in [5.41, 5.74) is 4.59. The lowest BCUT2D eigenvalue weighted by molar-refractivity contribution is 0.331. The maximum atomic E-state index is 3.71. The van der Waals surface area contributed by atoms with Crippen molar-refractivity contribution in [1.29, 1.82) is 0 Å². The lowest BCUT2D eigenvalue weighted by Gasteiger charge is -2.42. The molecule has 1 aliphatic rings. The van der Waals surface area contributed by atoms with E-state index < -0.39 is 0 Å². The molecule has 106 valence electrons. The van der Waals surface area contributed by atoms with Crippen molar-refractivity contribution in [3.8, 4) is 0 Å². The van der Waals surface area contributed by atoms with Crippen LogP contribution < -0.4 is 0 Å². The molecule has 1 aromatic carbocycles. The molecule has 0 saturated heterocycles. The minimum Gasteiger partial charge on any atom is -0.0558 e. The monoisotopic (exact) mass is 514 g/mol. The summed E-state index contributed by atoms with van der Waals surface area (Å²) in [5.74, 6) is 0. The predicted octanol–water partition coefficient (Wildman–Crippen LogP) is 7.09. The third-order valence-corrected chi connectivity index (χ3v) is 6.18. The third-order valence-electron chi connectivity index (χ3n) is 4.25. The average Bonchev–Trinajstić information content (AvgIpc) is 2.23. The Morgan fingerprint density at radius 2 is 1.32 bits per heavy atom. The fourth-order valence-electron chi connectivity index (χ4n) is 2.80. The van der Waals surface area contributed by atoms with Gasteiger partial charge in [-0.1, -0.05) is 97.5 Å². The Labute approximate surface area is 149 Å². The van der Waals surface area contributed by atoms with E-state index >= 15 is 0 Å². The maximum Gasteiger partial charge on any atom is 0.160 e. The molecule has 0 saturated carbocycles. The fraction of sp³-hybridized carbons (Fsp3) is 0.600. The molecule has 0 heterocycles. The molecule has 4 heteroatoms. The second-order valence-electron chi connectivity index (χ2n) is 6.64. The lowest BCUT2D eigenvalue weighted by Crippen LogP contribution is -2.34. The van der Waals surface area contributed by atoms with Crippen LogP contribution in [-0.2, 0) is 13.0 Å². The number of hydrogen-bond acceptors (Lipinski definition) is 0. The predicted molar refractivity (Wildman–Crippen MR) is 97.9 cm³/mol. The molecule has 0 aromatic heterocycles. The van der Waals surface area contributed by atoms with E-state index in [-0.39, 0.29) is 13.0 Å². The standard InChI is InChI=1S/C15H18Br4/c1-13(2)5-6-14(3,4)10-8-12(16)11(7-9(10)13)15(17,18)19/h7-8H,5-6H2,1-4H3. The van der Waals surface area contributed by atoms with Gasteiger partial charge in [-0.05, 0) is 40.9 Å². The summed E-state index contributed by atoms with van der Waals surface area (Å²) in [4.78, 5) is 0. The van der Waals surface area contributed by atoms with Crippen molar-refractivity contribution in [2.24, 2.45) is 0 Å². The Morgan fingerprint density at radius 1 is 0.895 bits per heavy atom. The molecular formula is C15H18Br4. The zero-order valence-corrected chi connectivity index (χ0v) is 17.9. The molecule has 1 aliphatic carbocycles. The number of benzene rings is 1. The van der Waals surface area contributed by atoms with Gasteiger partial charge in [0.25, 0.3) is 0 Å². The first-order chi connectivity index (χ1) is 8.45. The van der Waals surface area contributed by atoms with Gasteiger partial charge in [0.05, 0.1) is 0 Å². The van der Waals surface area contributed by atoms with Crippen molar-refractivity contribution >= 4 is 63.7 Å². The minimum atomic E-state index is -0.376. The van der Waals surface area contributed by atoms with Gasteiger partial charge in [0, 0.05) is 10.0 Å². The van der Waals surface area contributed by atoms with Gasteiger partial charge in [0.1, 0.15) is 0 Å². The van der Waals surface area contributed by atoms with E-state index in [1.807, 2.05) is 0 Å². The maximum absolute atomic E-state index is 3.71. The van der Waals surface area contributed by atoms with Gasteiger partial charge in [0.2, 0.25) is 0 Å². The first-order valence-electron chi connectivity index (χ1n) is 6.37. The van der Waals surface area contributed by atoms with Crippen LogP contribution in [0.25, 0.3) is 0 Å². The van der Waals surface area contributed by atoms with E-state index in [4.69, 9.17) is 0 Å². The van der Waals surface area contributed by atoms with E-state index in [0.29, 0.717) is 0 Å². The molecule has 0 unspecified atom stereocenters. The van der Waals surface area contributed by atoms with Crippen LogP contribution in [0.4, 0.5) is 0 Å². The van der Waals surface area contributed by atoms with E-state index in [1.165, 1.54) is 29.5 Å². The summed E-state index contributed by atoms with van der Waals surface area (Å²) in [5, 5.41) is 0. The van der Waals surface area contributed by atoms with Crippen molar-refractivity contribution in [3.05, 3.63) is 33.3 Å². The molecule has 0 radical (unpaired) electrons. The van der Waals surface area contributed by atoms with E-state index in [1.54, 1.807) is 0 Å². The average molecular weight is 518 g/mol. The van der Waals surface area contributed by atoms with Crippen LogP contribution >= 0.6 is 63.7 Å². The highest BCUT2D eigenvalue weighted by atomic mass is 80.0. The van der Waals surface area contributed by atoms with Gasteiger partial charge in [0.15, 0.2) is 2.14 Å². The van der Waals surface area contributed by atoms with Gasteiger partial charge in [-0.25, -0.2) is 0 Å². The molecular weight excluding hydrogens is 500 g/mol. The molecule has 0 N–H and O–H groups in total. The Kier molecular flexibility index (Phi) is 4.43.